The molecule has 0 fully saturated rings. The number of aryl methyl sites for hydroxylation is 1. The minimum Gasteiger partial charge on any atom is -0.480 e. The zero-order valence-corrected chi connectivity index (χ0v) is 10.4. The lowest BCUT2D eigenvalue weighted by atomic mass is 10.2. The number of aliphatic carboxylic acids is 1. The molecule has 0 saturated carbocycles. The maximum atomic E-state index is 11.9. The molecule has 1 aromatic heterocycles. The van der Waals surface area contributed by atoms with Gasteiger partial charge in [-0.25, -0.2) is 8.42 Å². The Balaban J connectivity index is 2.93. The van der Waals surface area contributed by atoms with E-state index in [1.165, 1.54) is 0 Å². The number of hydrogen-bond donors (Lipinski definition) is 3. The summed E-state index contributed by atoms with van der Waals surface area (Å²) >= 11 is 0. The van der Waals surface area contributed by atoms with E-state index in [9.17, 15) is 13.2 Å². The smallest absolute Gasteiger partial charge is 0.321 e. The van der Waals surface area contributed by atoms with Crippen molar-refractivity contribution in [3.05, 3.63) is 11.9 Å². The van der Waals surface area contributed by atoms with Crippen molar-refractivity contribution in [3.8, 4) is 0 Å². The first-order valence-electron chi connectivity index (χ1n) is 5.13. The monoisotopic (exact) mass is 261 g/mol. The van der Waals surface area contributed by atoms with Crippen LogP contribution in [0.15, 0.2) is 11.1 Å². The second-order valence-electron chi connectivity index (χ2n) is 3.66. The molecule has 0 aliphatic heterocycles. The average Bonchev–Trinajstić information content (AvgIpc) is 2.64. The van der Waals surface area contributed by atoms with Gasteiger partial charge in [-0.05, 0) is 13.3 Å². The van der Waals surface area contributed by atoms with Gasteiger partial charge in [0.2, 0.25) is 10.0 Å². The summed E-state index contributed by atoms with van der Waals surface area (Å²) in [4.78, 5) is 10.8. The Morgan fingerprint density at radius 3 is 2.71 bits per heavy atom. The van der Waals surface area contributed by atoms with E-state index in [2.05, 4.69) is 14.9 Å². The molecular weight excluding hydrogens is 246 g/mol. The van der Waals surface area contributed by atoms with Crippen molar-refractivity contribution in [2.45, 2.75) is 37.6 Å². The van der Waals surface area contributed by atoms with Gasteiger partial charge in [0.1, 0.15) is 10.9 Å². The molecule has 1 unspecified atom stereocenters. The summed E-state index contributed by atoms with van der Waals surface area (Å²) in [5.74, 6) is -1.18. The van der Waals surface area contributed by atoms with Crippen molar-refractivity contribution < 1.29 is 18.3 Å². The van der Waals surface area contributed by atoms with Gasteiger partial charge in [0.25, 0.3) is 0 Å². The fraction of sp³-hybridized carbons (Fsp3) is 0.556. The Morgan fingerprint density at radius 2 is 2.29 bits per heavy atom. The molecule has 0 spiro atoms. The largest absolute Gasteiger partial charge is 0.480 e. The predicted molar refractivity (Wildman–Crippen MR) is 60.0 cm³/mol. The molecule has 0 aliphatic carbocycles. The fourth-order valence-electron chi connectivity index (χ4n) is 1.38. The highest BCUT2D eigenvalue weighted by atomic mass is 32.2. The molecule has 0 aliphatic rings. The van der Waals surface area contributed by atoms with E-state index in [4.69, 9.17) is 5.11 Å². The van der Waals surface area contributed by atoms with E-state index in [1.807, 2.05) is 0 Å². The van der Waals surface area contributed by atoms with Crippen LogP contribution < -0.4 is 4.72 Å². The molecule has 1 aromatic rings. The number of nitrogens with one attached hydrogen (secondary N) is 2. The lowest BCUT2D eigenvalue weighted by molar-refractivity contribution is -0.139. The molecule has 96 valence electrons. The van der Waals surface area contributed by atoms with Crippen LogP contribution in [0, 0.1) is 6.92 Å². The van der Waals surface area contributed by atoms with Crippen LogP contribution in [0.25, 0.3) is 0 Å². The number of carbonyl (C=O) groups is 1. The molecule has 3 N–H and O–H groups in total. The molecule has 0 saturated heterocycles. The van der Waals surface area contributed by atoms with Crippen LogP contribution in [0.3, 0.4) is 0 Å². The standard InChI is InChI=1S/C9H15N3O4S/c1-3-4-7(9(13)14)12-17(15,16)8-5-10-11-6(8)2/h5,7,12H,3-4H2,1-2H3,(H,10,11)(H,13,14). The van der Waals surface area contributed by atoms with E-state index in [1.54, 1.807) is 13.8 Å². The second kappa shape index (κ2) is 5.28. The van der Waals surface area contributed by atoms with Gasteiger partial charge in [-0.3, -0.25) is 9.89 Å². The van der Waals surface area contributed by atoms with Crippen LogP contribution in [0.2, 0.25) is 0 Å². The lowest BCUT2D eigenvalue weighted by Gasteiger charge is -2.13. The summed E-state index contributed by atoms with van der Waals surface area (Å²) in [6, 6.07) is -1.11. The summed E-state index contributed by atoms with van der Waals surface area (Å²) in [6.45, 7) is 3.34. The second-order valence-corrected chi connectivity index (χ2v) is 5.34. The van der Waals surface area contributed by atoms with Crippen LogP contribution in [-0.2, 0) is 14.8 Å². The van der Waals surface area contributed by atoms with Gasteiger partial charge in [0.05, 0.1) is 11.9 Å². The summed E-state index contributed by atoms with van der Waals surface area (Å²) < 4.78 is 25.9. The average molecular weight is 261 g/mol. The van der Waals surface area contributed by atoms with Crippen LogP contribution in [-0.4, -0.2) is 35.7 Å². The van der Waals surface area contributed by atoms with E-state index in [-0.39, 0.29) is 11.3 Å². The Labute approximate surface area is 99.3 Å². The van der Waals surface area contributed by atoms with Gasteiger partial charge in [-0.1, -0.05) is 13.3 Å². The van der Waals surface area contributed by atoms with Crippen LogP contribution in [0.5, 0.6) is 0 Å². The van der Waals surface area contributed by atoms with Gasteiger partial charge in [0, 0.05) is 0 Å². The predicted octanol–water partition coefficient (Wildman–Crippen LogP) is 0.250. The fourth-order valence-corrected chi connectivity index (χ4v) is 2.74. The third kappa shape index (κ3) is 3.27. The first-order chi connectivity index (χ1) is 7.88. The number of nitrogens with zero attached hydrogens (tertiary/aromatic N) is 1. The first kappa shape index (κ1) is 13.7. The summed E-state index contributed by atoms with van der Waals surface area (Å²) in [7, 11) is -3.84. The van der Waals surface area contributed by atoms with E-state index < -0.39 is 22.0 Å². The molecule has 8 heteroatoms. The summed E-state index contributed by atoms with van der Waals surface area (Å²) in [5.41, 5.74) is 0.373. The number of H-pyrrole nitrogens is 1. The molecule has 0 aromatic carbocycles. The molecule has 0 bridgehead atoms. The Morgan fingerprint density at radius 1 is 1.65 bits per heavy atom. The van der Waals surface area contributed by atoms with Crippen LogP contribution >= 0.6 is 0 Å². The van der Waals surface area contributed by atoms with Crippen molar-refractivity contribution in [3.63, 3.8) is 0 Å². The molecule has 1 atom stereocenters. The van der Waals surface area contributed by atoms with Crippen molar-refractivity contribution in [2.24, 2.45) is 0 Å². The Bertz CT molecular complexity index is 494. The summed E-state index contributed by atoms with van der Waals surface area (Å²) in [5, 5.41) is 15.0. The number of carboxylic acid groups (broad SMARTS) is 1. The quantitative estimate of drug-likeness (QED) is 0.679. The van der Waals surface area contributed by atoms with Crippen molar-refractivity contribution >= 4 is 16.0 Å². The lowest BCUT2D eigenvalue weighted by Crippen LogP contribution is -2.40. The Kier molecular flexibility index (Phi) is 4.24. The number of hydrogen-bond acceptors (Lipinski definition) is 4. The van der Waals surface area contributed by atoms with Crippen molar-refractivity contribution in [2.75, 3.05) is 0 Å². The topological polar surface area (TPSA) is 112 Å². The molecular formula is C9H15N3O4S. The van der Waals surface area contributed by atoms with Crippen LogP contribution in [0.1, 0.15) is 25.5 Å². The molecule has 17 heavy (non-hydrogen) atoms. The third-order valence-electron chi connectivity index (χ3n) is 2.25. The maximum absolute atomic E-state index is 11.9. The Hall–Kier alpha value is -1.41. The minimum absolute atomic E-state index is 0.0279. The number of aromatic nitrogens is 2. The van der Waals surface area contributed by atoms with Crippen molar-refractivity contribution in [1.82, 2.24) is 14.9 Å². The first-order valence-corrected chi connectivity index (χ1v) is 6.62. The summed E-state index contributed by atoms with van der Waals surface area (Å²) in [6.07, 6.45) is 1.97. The highest BCUT2D eigenvalue weighted by molar-refractivity contribution is 7.89. The molecule has 0 radical (unpaired) electrons. The molecule has 7 nitrogen and oxygen atoms in total. The van der Waals surface area contributed by atoms with Gasteiger partial charge in [-0.2, -0.15) is 9.82 Å². The van der Waals surface area contributed by atoms with Crippen molar-refractivity contribution in [1.29, 1.82) is 0 Å². The van der Waals surface area contributed by atoms with Crippen LogP contribution in [0.4, 0.5) is 0 Å². The van der Waals surface area contributed by atoms with Gasteiger partial charge in [-0.15, -0.1) is 0 Å². The number of sulfonamides is 1. The normalized spacial score (nSPS) is 13.5. The minimum atomic E-state index is -3.84. The number of rotatable bonds is 6. The zero-order chi connectivity index (χ0) is 13.1. The molecule has 1 heterocycles. The van der Waals surface area contributed by atoms with E-state index in [0.717, 1.165) is 6.20 Å². The van der Waals surface area contributed by atoms with Gasteiger partial charge in [0.15, 0.2) is 0 Å². The van der Waals surface area contributed by atoms with E-state index >= 15 is 0 Å². The highest BCUT2D eigenvalue weighted by Crippen LogP contribution is 2.12. The maximum Gasteiger partial charge on any atom is 0.321 e. The van der Waals surface area contributed by atoms with Gasteiger partial charge < -0.3 is 5.11 Å². The van der Waals surface area contributed by atoms with Gasteiger partial charge >= 0.3 is 5.97 Å². The number of carboxylic acids is 1. The number of aromatic amines is 1. The molecule has 1 rings (SSSR count). The zero-order valence-electron chi connectivity index (χ0n) is 9.60. The SMILES string of the molecule is CCCC(NS(=O)(=O)c1cn[nH]c1C)C(=O)O. The van der Waals surface area contributed by atoms with E-state index in [0.29, 0.717) is 12.1 Å². The molecule has 0 amide bonds. The highest BCUT2D eigenvalue weighted by Gasteiger charge is 2.26. The third-order valence-corrected chi connectivity index (χ3v) is 3.83.